The van der Waals surface area contributed by atoms with Crippen LogP contribution in [-0.4, -0.2) is 0 Å². The molecule has 2 aromatic rings. The maximum atomic E-state index is 3.58. The Morgan fingerprint density at radius 1 is 0.833 bits per heavy atom. The van der Waals surface area contributed by atoms with E-state index >= 15 is 0 Å². The van der Waals surface area contributed by atoms with Crippen molar-refractivity contribution >= 4 is 31.9 Å². The zero-order valence-electron chi connectivity index (χ0n) is 10.6. The molecule has 0 amide bonds. The first-order valence-electron chi connectivity index (χ1n) is 5.97. The summed E-state index contributed by atoms with van der Waals surface area (Å²) in [6, 6.07) is 13.3. The Hall–Kier alpha value is -0.600. The molecule has 0 aliphatic rings. The predicted octanol–water partition coefficient (Wildman–Crippen LogP) is 5.76. The summed E-state index contributed by atoms with van der Waals surface area (Å²) in [5, 5.41) is 1.78. The monoisotopic (exact) mass is 366 g/mol. The number of hydrogen-bond acceptors (Lipinski definition) is 0. The van der Waals surface area contributed by atoms with Gasteiger partial charge >= 0.3 is 0 Å². The average Bonchev–Trinajstić information content (AvgIpc) is 2.40. The summed E-state index contributed by atoms with van der Waals surface area (Å²) in [5.41, 5.74) is 7.97. The Bertz CT molecular complexity index is 559. The molecule has 2 rings (SSSR count). The van der Waals surface area contributed by atoms with Gasteiger partial charge in [0, 0.05) is 10.7 Å². The van der Waals surface area contributed by atoms with Gasteiger partial charge in [0.2, 0.25) is 0 Å². The van der Waals surface area contributed by atoms with Crippen LogP contribution in [0.2, 0.25) is 0 Å². The van der Waals surface area contributed by atoms with E-state index in [1.54, 1.807) is 0 Å². The molecular formula is C16H16Br2. The fraction of sp³-hybridized carbons (Fsp3) is 0.250. The van der Waals surface area contributed by atoms with E-state index < -0.39 is 0 Å². The highest BCUT2D eigenvalue weighted by Crippen LogP contribution is 2.30. The number of rotatable bonds is 3. The van der Waals surface area contributed by atoms with E-state index in [0.29, 0.717) is 0 Å². The fourth-order valence-corrected chi connectivity index (χ4v) is 2.94. The van der Waals surface area contributed by atoms with E-state index in [2.05, 4.69) is 82.1 Å². The second-order valence-corrected chi connectivity index (χ2v) is 5.70. The minimum atomic E-state index is 0.887. The fourth-order valence-electron chi connectivity index (χ4n) is 2.10. The summed E-state index contributed by atoms with van der Waals surface area (Å²) in [4.78, 5) is 0. The van der Waals surface area contributed by atoms with Crippen LogP contribution in [0, 0.1) is 13.8 Å². The lowest BCUT2D eigenvalue weighted by atomic mass is 9.94. The van der Waals surface area contributed by atoms with Gasteiger partial charge in [0.05, 0.1) is 0 Å². The van der Waals surface area contributed by atoms with E-state index in [1.807, 2.05) is 0 Å². The number of aryl methyl sites for hydroxylation is 2. The third-order valence-corrected chi connectivity index (χ3v) is 4.41. The van der Waals surface area contributed by atoms with Crippen molar-refractivity contribution in [2.75, 3.05) is 0 Å². The second-order valence-electron chi connectivity index (χ2n) is 4.58. The van der Waals surface area contributed by atoms with E-state index in [0.717, 1.165) is 10.7 Å². The zero-order valence-corrected chi connectivity index (χ0v) is 13.8. The molecule has 0 unspecified atom stereocenters. The van der Waals surface area contributed by atoms with Crippen LogP contribution in [0.15, 0.2) is 36.4 Å². The van der Waals surface area contributed by atoms with Crippen LogP contribution in [0.25, 0.3) is 11.1 Å². The lowest BCUT2D eigenvalue weighted by Crippen LogP contribution is -1.92. The topological polar surface area (TPSA) is 0 Å². The van der Waals surface area contributed by atoms with E-state index in [9.17, 15) is 0 Å². The van der Waals surface area contributed by atoms with Crippen molar-refractivity contribution < 1.29 is 0 Å². The van der Waals surface area contributed by atoms with Crippen molar-refractivity contribution in [3.05, 3.63) is 58.7 Å². The molecule has 0 fully saturated rings. The highest BCUT2D eigenvalue weighted by atomic mass is 79.9. The average molecular weight is 368 g/mol. The maximum Gasteiger partial charge on any atom is 0.0289 e. The molecule has 0 radical (unpaired) electrons. The summed E-state index contributed by atoms with van der Waals surface area (Å²) in [6.45, 7) is 4.32. The molecule has 2 heteroatoms. The second kappa shape index (κ2) is 6.03. The number of alkyl halides is 2. The Balaban J connectivity index is 2.64. The summed E-state index contributed by atoms with van der Waals surface area (Å²) in [6.07, 6.45) is 0. The van der Waals surface area contributed by atoms with Crippen LogP contribution in [0.4, 0.5) is 0 Å². The van der Waals surface area contributed by atoms with Crippen LogP contribution in [0.1, 0.15) is 22.3 Å². The molecule has 0 bridgehead atoms. The van der Waals surface area contributed by atoms with Crippen molar-refractivity contribution in [2.45, 2.75) is 24.5 Å². The van der Waals surface area contributed by atoms with Crippen LogP contribution in [-0.2, 0) is 10.7 Å². The van der Waals surface area contributed by atoms with Crippen LogP contribution >= 0.6 is 31.9 Å². The number of hydrogen-bond donors (Lipinski definition) is 0. The quantitative estimate of drug-likeness (QED) is 0.605. The van der Waals surface area contributed by atoms with Gasteiger partial charge in [-0.15, -0.1) is 0 Å². The molecule has 0 aromatic heterocycles. The molecule has 0 aliphatic carbocycles. The molecule has 94 valence electrons. The van der Waals surface area contributed by atoms with Crippen LogP contribution in [0.5, 0.6) is 0 Å². The zero-order chi connectivity index (χ0) is 13.1. The molecule has 0 heterocycles. The normalized spacial score (nSPS) is 10.7. The standard InChI is InChI=1S/C16H16Br2/c1-11-3-4-12(2)15(7-11)16-8-13(9-17)5-6-14(16)10-18/h3-8H,9-10H2,1-2H3. The largest absolute Gasteiger partial charge is 0.0876 e. The van der Waals surface area contributed by atoms with Gasteiger partial charge in [0.15, 0.2) is 0 Å². The first-order valence-corrected chi connectivity index (χ1v) is 8.21. The molecule has 0 saturated carbocycles. The Morgan fingerprint density at radius 3 is 2.28 bits per heavy atom. The number of benzene rings is 2. The van der Waals surface area contributed by atoms with Gasteiger partial charge in [-0.3, -0.25) is 0 Å². The molecule has 0 aliphatic heterocycles. The minimum Gasteiger partial charge on any atom is -0.0876 e. The van der Waals surface area contributed by atoms with Crippen molar-refractivity contribution in [3.63, 3.8) is 0 Å². The molecular weight excluding hydrogens is 352 g/mol. The highest BCUT2D eigenvalue weighted by Gasteiger charge is 2.08. The molecule has 2 aromatic carbocycles. The molecule has 0 saturated heterocycles. The van der Waals surface area contributed by atoms with E-state index in [4.69, 9.17) is 0 Å². The van der Waals surface area contributed by atoms with Crippen LogP contribution < -0.4 is 0 Å². The van der Waals surface area contributed by atoms with Gasteiger partial charge in [-0.1, -0.05) is 67.8 Å². The van der Waals surface area contributed by atoms with Gasteiger partial charge < -0.3 is 0 Å². The van der Waals surface area contributed by atoms with Crippen molar-refractivity contribution in [2.24, 2.45) is 0 Å². The smallest absolute Gasteiger partial charge is 0.0289 e. The van der Waals surface area contributed by atoms with Crippen molar-refractivity contribution in [1.29, 1.82) is 0 Å². The first-order chi connectivity index (χ1) is 8.65. The summed E-state index contributed by atoms with van der Waals surface area (Å²) < 4.78 is 0. The Labute approximate surface area is 126 Å². The minimum absolute atomic E-state index is 0.887. The van der Waals surface area contributed by atoms with Crippen molar-refractivity contribution in [1.82, 2.24) is 0 Å². The predicted molar refractivity (Wildman–Crippen MR) is 86.6 cm³/mol. The molecule has 18 heavy (non-hydrogen) atoms. The Kier molecular flexibility index (Phi) is 4.63. The molecule has 0 spiro atoms. The van der Waals surface area contributed by atoms with Crippen molar-refractivity contribution in [3.8, 4) is 11.1 Å². The van der Waals surface area contributed by atoms with Gasteiger partial charge in [-0.05, 0) is 47.7 Å². The van der Waals surface area contributed by atoms with Gasteiger partial charge in [0.25, 0.3) is 0 Å². The lowest BCUT2D eigenvalue weighted by Gasteiger charge is -2.13. The molecule has 0 atom stereocenters. The van der Waals surface area contributed by atoms with Gasteiger partial charge in [0.1, 0.15) is 0 Å². The summed E-state index contributed by atoms with van der Waals surface area (Å²) >= 11 is 7.12. The molecule has 0 N–H and O–H groups in total. The third-order valence-electron chi connectivity index (χ3n) is 3.16. The molecule has 0 nitrogen and oxygen atoms in total. The summed E-state index contributed by atoms with van der Waals surface area (Å²) in [7, 11) is 0. The third kappa shape index (κ3) is 2.86. The lowest BCUT2D eigenvalue weighted by molar-refractivity contribution is 1.33. The van der Waals surface area contributed by atoms with Gasteiger partial charge in [-0.25, -0.2) is 0 Å². The highest BCUT2D eigenvalue weighted by molar-refractivity contribution is 9.08. The number of halogens is 2. The SMILES string of the molecule is Cc1ccc(C)c(-c2cc(CBr)ccc2CBr)c1. The first kappa shape index (κ1) is 13.8. The van der Waals surface area contributed by atoms with Gasteiger partial charge in [-0.2, -0.15) is 0 Å². The maximum absolute atomic E-state index is 3.58. The summed E-state index contributed by atoms with van der Waals surface area (Å²) in [5.74, 6) is 0. The van der Waals surface area contributed by atoms with Crippen LogP contribution in [0.3, 0.4) is 0 Å². The van der Waals surface area contributed by atoms with E-state index in [1.165, 1.54) is 33.4 Å². The van der Waals surface area contributed by atoms with E-state index in [-0.39, 0.29) is 0 Å². The Morgan fingerprint density at radius 2 is 1.61 bits per heavy atom.